The maximum Gasteiger partial charge on any atom is 0.260 e. The first-order valence-electron chi connectivity index (χ1n) is 23.4. The highest BCUT2D eigenvalue weighted by Gasteiger charge is 2.55. The fourth-order valence-corrected chi connectivity index (χ4v) is 13.5. The molecule has 4 atom stereocenters. The highest BCUT2D eigenvalue weighted by Crippen LogP contribution is 2.58. The van der Waals surface area contributed by atoms with Crippen LogP contribution in [-0.4, -0.2) is 19.4 Å². The fourth-order valence-electron chi connectivity index (χ4n) is 12.1. The van der Waals surface area contributed by atoms with Crippen molar-refractivity contribution in [3.05, 3.63) is 164 Å². The van der Waals surface area contributed by atoms with Crippen LogP contribution in [0.4, 0.5) is 17.1 Å². The maximum absolute atomic E-state index is 7.23. The third-order valence-electron chi connectivity index (χ3n) is 15.6. The first-order valence-corrected chi connectivity index (χ1v) is 24.2. The van der Waals surface area contributed by atoms with Crippen LogP contribution < -0.4 is 14.6 Å². The van der Waals surface area contributed by atoms with E-state index in [1.807, 2.05) is 0 Å². The van der Waals surface area contributed by atoms with Crippen LogP contribution in [-0.2, 0) is 27.4 Å². The smallest absolute Gasteiger partial charge is 0.260 e. The van der Waals surface area contributed by atoms with Crippen molar-refractivity contribution < 1.29 is 4.74 Å². The minimum Gasteiger partial charge on any atom is -0.478 e. The van der Waals surface area contributed by atoms with Crippen molar-refractivity contribution in [2.75, 3.05) is 16.4 Å². The van der Waals surface area contributed by atoms with Crippen LogP contribution in [0.5, 0.6) is 0 Å². The number of ether oxygens (including phenoxy) is 1. The van der Waals surface area contributed by atoms with E-state index in [-0.39, 0.29) is 46.3 Å². The van der Waals surface area contributed by atoms with Gasteiger partial charge < -0.3 is 9.64 Å². The van der Waals surface area contributed by atoms with Gasteiger partial charge in [-0.25, -0.2) is 0 Å². The first kappa shape index (κ1) is 40.1. The number of anilines is 3. The molecule has 3 aliphatic heterocycles. The molecule has 0 spiro atoms. The number of fused-ring (bicyclic) bond motifs is 10. The standard InChI is InChI=1S/C57H63BN2OS/c1-54(2,3)35-21-25-38(26-22-35)59-46-17-14-18-47-50(46)58(52-51(59)43-32-42-40-15-12-13-16-44(40)57(10,11)45(42)29-30-48(43)62-52)49-41-31-37(56(7,8)9)20-19-34(41)33-61-53(49)60(47)39-27-23-36(24-28-39)55(4,5)6/h12-16,18-28,31-32,34,41,45-46H,17,29-30,33H2,1-11H3. The predicted octanol–water partition coefficient (Wildman–Crippen LogP) is 13.8. The van der Waals surface area contributed by atoms with Crippen molar-refractivity contribution in [3.8, 4) is 0 Å². The van der Waals surface area contributed by atoms with Crippen molar-refractivity contribution in [3.63, 3.8) is 0 Å². The lowest BCUT2D eigenvalue weighted by Gasteiger charge is -2.52. The van der Waals surface area contributed by atoms with E-state index in [0.29, 0.717) is 12.5 Å². The zero-order valence-corrected chi connectivity index (χ0v) is 39.6. The summed E-state index contributed by atoms with van der Waals surface area (Å²) in [5.41, 5.74) is 18.5. The largest absolute Gasteiger partial charge is 0.478 e. The predicted molar refractivity (Wildman–Crippen MR) is 265 cm³/mol. The Morgan fingerprint density at radius 1 is 0.774 bits per heavy atom. The van der Waals surface area contributed by atoms with Gasteiger partial charge in [0.25, 0.3) is 6.71 Å². The van der Waals surface area contributed by atoms with E-state index < -0.39 is 0 Å². The Kier molecular flexibility index (Phi) is 8.81. The van der Waals surface area contributed by atoms with Gasteiger partial charge in [-0.15, -0.1) is 0 Å². The van der Waals surface area contributed by atoms with Gasteiger partial charge in [0.2, 0.25) is 0 Å². The molecule has 4 aliphatic carbocycles. The second-order valence-corrected chi connectivity index (χ2v) is 24.0. The summed E-state index contributed by atoms with van der Waals surface area (Å²) in [5.74, 6) is 2.06. The van der Waals surface area contributed by atoms with Gasteiger partial charge in [0.05, 0.1) is 18.3 Å². The number of hydrogen-bond donors (Lipinski definition) is 0. The Balaban J connectivity index is 1.20. The number of hydrogen-bond acceptors (Lipinski definition) is 4. The zero-order valence-electron chi connectivity index (χ0n) is 38.8. The van der Waals surface area contributed by atoms with Crippen molar-refractivity contribution in [1.29, 1.82) is 0 Å². The molecule has 0 saturated heterocycles. The molecule has 0 fully saturated rings. The molecule has 0 saturated carbocycles. The van der Waals surface area contributed by atoms with E-state index >= 15 is 0 Å². The van der Waals surface area contributed by atoms with E-state index in [9.17, 15) is 0 Å². The molecule has 4 aromatic rings. The third kappa shape index (κ3) is 5.96. The van der Waals surface area contributed by atoms with Gasteiger partial charge in [0.15, 0.2) is 5.88 Å². The average Bonchev–Trinajstić information content (AvgIpc) is 3.60. The van der Waals surface area contributed by atoms with E-state index in [1.54, 1.807) is 4.88 Å². The molecule has 4 heterocycles. The molecular weight excluding hydrogens is 772 g/mol. The lowest BCUT2D eigenvalue weighted by Crippen LogP contribution is -2.58. The fraction of sp³-hybridized carbons (Fsp3) is 0.404. The van der Waals surface area contributed by atoms with Crippen LogP contribution in [0, 0.1) is 23.2 Å². The SMILES string of the molecule is CC(C)(C)C1=CC2C3=C(OCC2C=C1)N(c1ccc(C(C)(C)C)cc1)C1=C2B3c3sc4c(c3N(c3ccc(C(C)(C)C)cc3)C2CC=C1)C=C1c2ccccc2C(C)(C)C1CC4. The number of aryl methyl sites for hydroxylation is 1. The molecule has 3 aromatic carbocycles. The molecule has 316 valence electrons. The molecule has 4 unspecified atom stereocenters. The summed E-state index contributed by atoms with van der Waals surface area (Å²) < 4.78 is 8.72. The van der Waals surface area contributed by atoms with Crippen LogP contribution in [0.2, 0.25) is 0 Å². The maximum atomic E-state index is 7.23. The summed E-state index contributed by atoms with van der Waals surface area (Å²) in [6.45, 7) is 26.8. The summed E-state index contributed by atoms with van der Waals surface area (Å²) in [6, 6.07) is 28.4. The summed E-state index contributed by atoms with van der Waals surface area (Å²) in [6.07, 6.45) is 18.3. The van der Waals surface area contributed by atoms with Gasteiger partial charge in [-0.1, -0.05) is 149 Å². The average molecular weight is 835 g/mol. The molecule has 0 radical (unpaired) electrons. The molecule has 62 heavy (non-hydrogen) atoms. The van der Waals surface area contributed by atoms with Crippen molar-refractivity contribution in [2.45, 2.75) is 118 Å². The minimum absolute atomic E-state index is 0.0419. The van der Waals surface area contributed by atoms with Crippen LogP contribution >= 0.6 is 11.3 Å². The van der Waals surface area contributed by atoms with Gasteiger partial charge in [-0.3, -0.25) is 4.90 Å². The molecular formula is C57H63BN2OS. The number of allylic oxidation sites excluding steroid dienone is 6. The van der Waals surface area contributed by atoms with Crippen molar-refractivity contribution in [2.24, 2.45) is 23.2 Å². The topological polar surface area (TPSA) is 15.7 Å². The van der Waals surface area contributed by atoms with E-state index in [0.717, 1.165) is 25.1 Å². The van der Waals surface area contributed by atoms with Gasteiger partial charge >= 0.3 is 0 Å². The quantitative estimate of drug-likeness (QED) is 0.187. The second-order valence-electron chi connectivity index (χ2n) is 22.8. The molecule has 0 amide bonds. The van der Waals surface area contributed by atoms with Gasteiger partial charge in [-0.2, -0.15) is 11.3 Å². The molecule has 3 nitrogen and oxygen atoms in total. The van der Waals surface area contributed by atoms with Gasteiger partial charge in [-0.05, 0) is 128 Å². The minimum atomic E-state index is 0.0419. The Morgan fingerprint density at radius 3 is 2.13 bits per heavy atom. The number of benzene rings is 3. The highest BCUT2D eigenvalue weighted by molar-refractivity contribution is 7.27. The van der Waals surface area contributed by atoms with Crippen LogP contribution in [0.25, 0.3) is 11.6 Å². The number of rotatable bonds is 2. The normalized spacial score (nSPS) is 24.5. The van der Waals surface area contributed by atoms with E-state index in [2.05, 4.69) is 207 Å². The lowest BCUT2D eigenvalue weighted by atomic mass is 9.31. The van der Waals surface area contributed by atoms with Crippen molar-refractivity contribution >= 4 is 51.5 Å². The lowest BCUT2D eigenvalue weighted by molar-refractivity contribution is 0.140. The van der Waals surface area contributed by atoms with Gasteiger partial charge in [0.1, 0.15) is 0 Å². The molecule has 7 aliphatic rings. The molecule has 11 rings (SSSR count). The number of nitrogens with zero attached hydrogens (tertiary/aromatic N) is 2. The van der Waals surface area contributed by atoms with E-state index in [1.165, 1.54) is 77.4 Å². The molecule has 0 bridgehead atoms. The zero-order chi connectivity index (χ0) is 43.2. The molecule has 1 aromatic heterocycles. The highest BCUT2D eigenvalue weighted by atomic mass is 32.1. The Labute approximate surface area is 375 Å². The monoisotopic (exact) mass is 834 g/mol. The Morgan fingerprint density at radius 2 is 1.45 bits per heavy atom. The van der Waals surface area contributed by atoms with Crippen molar-refractivity contribution in [1.82, 2.24) is 0 Å². The molecule has 5 heteroatoms. The summed E-state index contributed by atoms with van der Waals surface area (Å²) in [5, 5.41) is 0. The summed E-state index contributed by atoms with van der Waals surface area (Å²) in [4.78, 5) is 6.85. The van der Waals surface area contributed by atoms with Crippen LogP contribution in [0.1, 0.15) is 122 Å². The van der Waals surface area contributed by atoms with E-state index in [4.69, 9.17) is 4.74 Å². The number of thiophene rings is 1. The van der Waals surface area contributed by atoms with Crippen LogP contribution in [0.15, 0.2) is 131 Å². The third-order valence-corrected chi connectivity index (χ3v) is 16.9. The first-order chi connectivity index (χ1) is 29.4. The molecule has 0 N–H and O–H groups in total. The van der Waals surface area contributed by atoms with Gasteiger partial charge in [0, 0.05) is 44.1 Å². The van der Waals surface area contributed by atoms with Crippen LogP contribution in [0.3, 0.4) is 0 Å². The summed E-state index contributed by atoms with van der Waals surface area (Å²) in [7, 11) is 0. The summed E-state index contributed by atoms with van der Waals surface area (Å²) >= 11 is 2.11. The second kappa shape index (κ2) is 13.6. The Hall–Kier alpha value is -4.74. The Bertz CT molecular complexity index is 2710.